The van der Waals surface area contributed by atoms with Crippen LogP contribution in [0.5, 0.6) is 11.5 Å². The zero-order chi connectivity index (χ0) is 21.2. The van der Waals surface area contributed by atoms with Crippen LogP contribution in [0.1, 0.15) is 30.6 Å². The number of aliphatic carboxylic acids is 1. The van der Waals surface area contributed by atoms with Crippen molar-refractivity contribution < 1.29 is 38.5 Å². The summed E-state index contributed by atoms with van der Waals surface area (Å²) in [4.78, 5) is 36.6. The number of amides is 2. The summed E-state index contributed by atoms with van der Waals surface area (Å²) in [5.74, 6) is -4.16. The number of likely N-dealkylation sites (tertiary alicyclic amines) is 1. The summed E-state index contributed by atoms with van der Waals surface area (Å²) >= 11 is -2.77. The highest BCUT2D eigenvalue weighted by atomic mass is 32.2. The fraction of sp³-hybridized carbons (Fsp3) is 0.375. The Morgan fingerprint density at radius 3 is 2.57 bits per heavy atom. The molecule has 12 heteroatoms. The van der Waals surface area contributed by atoms with Gasteiger partial charge in [-0.05, 0) is 26.0 Å². The van der Waals surface area contributed by atoms with Crippen molar-refractivity contribution in [3.63, 3.8) is 0 Å². The number of para-hydroxylation sites is 1. The number of hydrogen-bond acceptors (Lipinski definition) is 7. The van der Waals surface area contributed by atoms with Gasteiger partial charge in [0.1, 0.15) is 4.75 Å². The summed E-state index contributed by atoms with van der Waals surface area (Å²) in [5, 5.41) is 32.2. The second-order valence-electron chi connectivity index (χ2n) is 6.40. The van der Waals surface area contributed by atoms with Gasteiger partial charge in [0.2, 0.25) is 5.91 Å². The quantitative estimate of drug-likeness (QED) is 0.135. The molecule has 4 atom stereocenters. The molecule has 1 heterocycles. The third-order valence-corrected chi connectivity index (χ3v) is 5.49. The fourth-order valence-corrected chi connectivity index (χ4v) is 3.38. The van der Waals surface area contributed by atoms with Crippen LogP contribution >= 0.6 is 0 Å². The van der Waals surface area contributed by atoms with Crippen LogP contribution in [0, 0.1) is 0 Å². The zero-order valence-corrected chi connectivity index (χ0v) is 15.7. The van der Waals surface area contributed by atoms with Crippen LogP contribution in [0.4, 0.5) is 0 Å². The maximum Gasteiger partial charge on any atom is 0.328 e. The Hall–Kier alpha value is -2.99. The molecular formula is C16H19N3O8S. The number of carbonyl (C=O) groups is 3. The molecule has 0 saturated carbocycles. The minimum absolute atomic E-state index is 0.114. The summed E-state index contributed by atoms with van der Waals surface area (Å²) in [6.45, 7) is 2.71. The molecular weight excluding hydrogens is 394 g/mol. The number of carbonyl (C=O) groups excluding carboxylic acids is 2. The molecule has 11 nitrogen and oxygen atoms in total. The number of β-lactam (4-membered cyclic amide) rings is 1. The van der Waals surface area contributed by atoms with E-state index in [1.54, 1.807) is 6.92 Å². The lowest BCUT2D eigenvalue weighted by molar-refractivity contribution is -0.161. The molecule has 1 aliphatic heterocycles. The summed E-state index contributed by atoms with van der Waals surface area (Å²) in [5.41, 5.74) is 1.67. The number of phenols is 2. The first-order valence-electron chi connectivity index (χ1n) is 8.01. The van der Waals surface area contributed by atoms with Crippen molar-refractivity contribution in [3.05, 3.63) is 23.8 Å². The lowest BCUT2D eigenvalue weighted by Gasteiger charge is -2.46. The Bertz CT molecular complexity index is 873. The van der Waals surface area contributed by atoms with Gasteiger partial charge in [-0.3, -0.25) is 9.59 Å². The van der Waals surface area contributed by atoms with E-state index >= 15 is 0 Å². The van der Waals surface area contributed by atoms with Crippen molar-refractivity contribution in [2.75, 3.05) is 0 Å². The molecule has 0 radical (unpaired) electrons. The molecule has 28 heavy (non-hydrogen) atoms. The first-order chi connectivity index (χ1) is 13.0. The molecule has 2 rings (SSSR count). The summed E-state index contributed by atoms with van der Waals surface area (Å²) in [6, 6.07) is 1.53. The molecule has 0 aliphatic carbocycles. The first kappa shape index (κ1) is 21.3. The van der Waals surface area contributed by atoms with Crippen molar-refractivity contribution in [2.24, 2.45) is 5.10 Å². The van der Waals surface area contributed by atoms with Crippen LogP contribution in [-0.4, -0.2) is 69.8 Å². The molecule has 0 bridgehead atoms. The van der Waals surface area contributed by atoms with Crippen LogP contribution in [0.2, 0.25) is 0 Å². The number of benzene rings is 1. The molecule has 1 aliphatic rings. The first-order valence-corrected chi connectivity index (χ1v) is 9.11. The smallest absolute Gasteiger partial charge is 0.328 e. The Kier molecular flexibility index (Phi) is 6.04. The maximum absolute atomic E-state index is 12.1. The highest BCUT2D eigenvalue weighted by Gasteiger charge is 2.53. The highest BCUT2D eigenvalue weighted by Crippen LogP contribution is 2.31. The molecule has 5 N–H and O–H groups in total. The predicted octanol–water partition coefficient (Wildman–Crippen LogP) is -0.132. The van der Waals surface area contributed by atoms with Crippen molar-refractivity contribution in [1.29, 1.82) is 0 Å². The average Bonchev–Trinajstić information content (AvgIpc) is 2.61. The van der Waals surface area contributed by atoms with E-state index in [1.165, 1.54) is 12.1 Å². The van der Waals surface area contributed by atoms with Crippen LogP contribution in [0.3, 0.4) is 0 Å². The van der Waals surface area contributed by atoms with Gasteiger partial charge in [-0.2, -0.15) is 5.10 Å². The van der Waals surface area contributed by atoms with Crippen molar-refractivity contribution in [2.45, 2.75) is 37.1 Å². The molecule has 0 aromatic heterocycles. The number of hydrogen-bond donors (Lipinski definition) is 5. The van der Waals surface area contributed by atoms with Gasteiger partial charge in [0, 0.05) is 18.7 Å². The lowest BCUT2D eigenvalue weighted by Crippen LogP contribution is -2.67. The molecule has 1 aromatic rings. The van der Waals surface area contributed by atoms with E-state index in [2.05, 4.69) is 5.10 Å². The van der Waals surface area contributed by atoms with Gasteiger partial charge in [0.25, 0.3) is 5.91 Å². The third-order valence-electron chi connectivity index (χ3n) is 4.41. The summed E-state index contributed by atoms with van der Waals surface area (Å²) < 4.78 is 19.6. The third kappa shape index (κ3) is 3.82. The molecule has 2 amide bonds. The van der Waals surface area contributed by atoms with Crippen molar-refractivity contribution >= 4 is 35.1 Å². The van der Waals surface area contributed by atoms with E-state index in [0.29, 0.717) is 0 Å². The fourth-order valence-electron chi connectivity index (χ4n) is 2.83. The van der Waals surface area contributed by atoms with Gasteiger partial charge in [0.05, 0.1) is 5.56 Å². The van der Waals surface area contributed by atoms with Crippen LogP contribution < -0.4 is 5.43 Å². The summed E-state index contributed by atoms with van der Waals surface area (Å²) in [6.07, 6.45) is 0.876. The number of phenolic OH excluding ortho intramolecular Hbond substituents is 2. The number of nitrogens with zero attached hydrogens (tertiary/aromatic N) is 2. The van der Waals surface area contributed by atoms with Crippen LogP contribution in [-0.2, 0) is 20.7 Å². The molecule has 1 unspecified atom stereocenters. The molecule has 1 aromatic carbocycles. The molecule has 1 fully saturated rings. The molecule has 152 valence electrons. The average molecular weight is 413 g/mol. The van der Waals surface area contributed by atoms with Gasteiger partial charge in [-0.15, -0.1) is 0 Å². The number of hydrazone groups is 1. The lowest BCUT2D eigenvalue weighted by atomic mass is 9.92. The van der Waals surface area contributed by atoms with Gasteiger partial charge >= 0.3 is 5.97 Å². The van der Waals surface area contributed by atoms with E-state index in [1.807, 2.05) is 5.43 Å². The van der Waals surface area contributed by atoms with E-state index < -0.39 is 57.2 Å². The number of carboxylic acids is 1. The van der Waals surface area contributed by atoms with E-state index in [0.717, 1.165) is 24.1 Å². The Morgan fingerprint density at radius 1 is 1.43 bits per heavy atom. The molecule has 0 spiro atoms. The normalized spacial score (nSPS) is 20.9. The number of rotatable bonds is 7. The SMILES string of the molecule is C[C@@H]1CC(=O)N1[C@@H](C(=O)O)[C@](C)(/C=N/NC(=O)c1cccc(O)c1O)S(=O)O. The van der Waals surface area contributed by atoms with Gasteiger partial charge in [-0.25, -0.2) is 14.4 Å². The number of nitrogens with one attached hydrogen (secondary N) is 1. The van der Waals surface area contributed by atoms with Crippen molar-refractivity contribution in [3.8, 4) is 11.5 Å². The number of aromatic hydroxyl groups is 2. The van der Waals surface area contributed by atoms with E-state index in [4.69, 9.17) is 0 Å². The predicted molar refractivity (Wildman–Crippen MR) is 97.3 cm³/mol. The van der Waals surface area contributed by atoms with E-state index in [-0.39, 0.29) is 12.0 Å². The maximum atomic E-state index is 12.1. The Morgan fingerprint density at radius 2 is 2.07 bits per heavy atom. The summed E-state index contributed by atoms with van der Waals surface area (Å²) in [7, 11) is 0. The van der Waals surface area contributed by atoms with Gasteiger partial charge < -0.3 is 24.8 Å². The van der Waals surface area contributed by atoms with E-state index in [9.17, 15) is 38.5 Å². The minimum Gasteiger partial charge on any atom is -0.504 e. The Balaban J connectivity index is 2.28. The molecule has 1 saturated heterocycles. The zero-order valence-electron chi connectivity index (χ0n) is 14.9. The van der Waals surface area contributed by atoms with Crippen molar-refractivity contribution in [1.82, 2.24) is 10.3 Å². The minimum atomic E-state index is -2.77. The standard InChI is InChI=1S/C16H19N3O8S/c1-8-6-11(21)19(8)13(15(24)25)16(2,28(26)27)7-17-18-14(23)9-4-3-5-10(20)12(9)22/h3-5,7-8,13,20,22H,6H2,1-2H3,(H,18,23)(H,24,25)(H,26,27)/b17-7+/t8-,13+,16+/m1/s1. The second kappa shape index (κ2) is 7.94. The Labute approximate surface area is 161 Å². The second-order valence-corrected chi connectivity index (χ2v) is 7.78. The van der Waals surface area contributed by atoms with Gasteiger partial charge in [-0.1, -0.05) is 6.07 Å². The number of carboxylic acid groups (broad SMARTS) is 1. The van der Waals surface area contributed by atoms with Gasteiger partial charge in [0.15, 0.2) is 28.6 Å². The highest BCUT2D eigenvalue weighted by molar-refractivity contribution is 7.81. The monoisotopic (exact) mass is 413 g/mol. The van der Waals surface area contributed by atoms with Crippen LogP contribution in [0.25, 0.3) is 0 Å². The largest absolute Gasteiger partial charge is 0.504 e. The van der Waals surface area contributed by atoms with Crippen LogP contribution in [0.15, 0.2) is 23.3 Å². The topological polar surface area (TPSA) is 177 Å².